The molecule has 0 aromatic rings. The summed E-state index contributed by atoms with van der Waals surface area (Å²) in [7, 11) is 0. The Hall–Kier alpha value is -0.570. The molecule has 1 aliphatic rings. The molecular formula is C6H9ClN2O. The summed E-state index contributed by atoms with van der Waals surface area (Å²) in [6, 6.07) is 0. The van der Waals surface area contributed by atoms with E-state index in [0.29, 0.717) is 13.0 Å². The topological polar surface area (TPSA) is 32.7 Å². The van der Waals surface area contributed by atoms with Gasteiger partial charge in [0.1, 0.15) is 0 Å². The van der Waals surface area contributed by atoms with E-state index in [2.05, 4.69) is 4.99 Å². The van der Waals surface area contributed by atoms with Crippen LogP contribution in [0.3, 0.4) is 0 Å². The van der Waals surface area contributed by atoms with Gasteiger partial charge in [0.15, 0.2) is 0 Å². The highest BCUT2D eigenvalue weighted by molar-refractivity contribution is 6.63. The lowest BCUT2D eigenvalue weighted by atomic mass is 10.4. The van der Waals surface area contributed by atoms with Gasteiger partial charge in [0.05, 0.1) is 12.9 Å². The Morgan fingerprint density at radius 2 is 2.60 bits per heavy atom. The standard InChI is InChI=1S/C6H9ClN2O/c7-6(10)1-3-9-4-2-8-5-9/h5H,1-4H2. The zero-order valence-corrected chi connectivity index (χ0v) is 6.34. The molecule has 1 rings (SSSR count). The van der Waals surface area contributed by atoms with Crippen LogP contribution in [0.1, 0.15) is 6.42 Å². The lowest BCUT2D eigenvalue weighted by Crippen LogP contribution is -2.21. The van der Waals surface area contributed by atoms with Crippen molar-refractivity contribution in [3.05, 3.63) is 0 Å². The van der Waals surface area contributed by atoms with Gasteiger partial charge in [0.25, 0.3) is 0 Å². The number of hydrogen-bond acceptors (Lipinski definition) is 3. The number of rotatable bonds is 3. The van der Waals surface area contributed by atoms with Crippen molar-refractivity contribution in [2.75, 3.05) is 19.6 Å². The van der Waals surface area contributed by atoms with E-state index in [0.717, 1.165) is 13.1 Å². The van der Waals surface area contributed by atoms with Gasteiger partial charge in [-0.25, -0.2) is 0 Å². The average molecular weight is 161 g/mol. The van der Waals surface area contributed by atoms with Crippen molar-refractivity contribution in [3.63, 3.8) is 0 Å². The zero-order valence-electron chi connectivity index (χ0n) is 5.59. The first-order valence-electron chi connectivity index (χ1n) is 3.21. The van der Waals surface area contributed by atoms with Crippen molar-refractivity contribution < 1.29 is 4.79 Å². The van der Waals surface area contributed by atoms with Crippen molar-refractivity contribution >= 4 is 23.2 Å². The van der Waals surface area contributed by atoms with Crippen LogP contribution < -0.4 is 0 Å². The van der Waals surface area contributed by atoms with Gasteiger partial charge in [-0.3, -0.25) is 9.79 Å². The molecule has 1 aliphatic heterocycles. The molecule has 3 nitrogen and oxygen atoms in total. The highest BCUT2D eigenvalue weighted by Gasteiger charge is 2.05. The molecule has 10 heavy (non-hydrogen) atoms. The highest BCUT2D eigenvalue weighted by atomic mass is 35.5. The summed E-state index contributed by atoms with van der Waals surface area (Å²) in [5, 5.41) is -0.277. The highest BCUT2D eigenvalue weighted by Crippen LogP contribution is 1.96. The maximum Gasteiger partial charge on any atom is 0.223 e. The van der Waals surface area contributed by atoms with Crippen LogP contribution in [0, 0.1) is 0 Å². The monoisotopic (exact) mass is 160 g/mol. The molecule has 0 N–H and O–H groups in total. The minimum atomic E-state index is -0.277. The third-order valence-corrected chi connectivity index (χ3v) is 1.55. The Bertz CT molecular complexity index is 158. The van der Waals surface area contributed by atoms with Gasteiger partial charge in [-0.1, -0.05) is 0 Å². The predicted molar refractivity (Wildman–Crippen MR) is 40.4 cm³/mol. The van der Waals surface area contributed by atoms with E-state index in [9.17, 15) is 4.79 Å². The van der Waals surface area contributed by atoms with E-state index >= 15 is 0 Å². The lowest BCUT2D eigenvalue weighted by molar-refractivity contribution is -0.111. The van der Waals surface area contributed by atoms with Crippen molar-refractivity contribution in [1.82, 2.24) is 4.90 Å². The number of hydrogen-bond donors (Lipinski definition) is 0. The van der Waals surface area contributed by atoms with Crippen LogP contribution in [0.15, 0.2) is 4.99 Å². The molecule has 0 aromatic carbocycles. The fraction of sp³-hybridized carbons (Fsp3) is 0.667. The second-order valence-electron chi connectivity index (χ2n) is 2.16. The third kappa shape index (κ3) is 2.35. The number of carbonyl (C=O) groups is 1. The summed E-state index contributed by atoms with van der Waals surface area (Å²) in [6.45, 7) is 2.46. The summed E-state index contributed by atoms with van der Waals surface area (Å²) in [4.78, 5) is 16.3. The Kier molecular flexibility index (Phi) is 2.68. The van der Waals surface area contributed by atoms with Gasteiger partial charge < -0.3 is 4.90 Å². The molecule has 1 heterocycles. The van der Waals surface area contributed by atoms with E-state index in [1.54, 1.807) is 6.34 Å². The molecule has 0 spiro atoms. The lowest BCUT2D eigenvalue weighted by Gasteiger charge is -2.10. The fourth-order valence-electron chi connectivity index (χ4n) is 0.818. The van der Waals surface area contributed by atoms with Crippen LogP contribution in [0.5, 0.6) is 0 Å². The zero-order chi connectivity index (χ0) is 7.40. The molecule has 0 saturated heterocycles. The molecule has 0 amide bonds. The first-order valence-corrected chi connectivity index (χ1v) is 3.59. The van der Waals surface area contributed by atoms with Crippen molar-refractivity contribution in [1.29, 1.82) is 0 Å². The summed E-state index contributed by atoms with van der Waals surface area (Å²) in [6.07, 6.45) is 2.17. The molecule has 0 atom stereocenters. The molecule has 0 unspecified atom stereocenters. The van der Waals surface area contributed by atoms with Crippen LogP contribution in [-0.2, 0) is 4.79 Å². The first-order chi connectivity index (χ1) is 4.79. The van der Waals surface area contributed by atoms with E-state index in [4.69, 9.17) is 11.6 Å². The second-order valence-corrected chi connectivity index (χ2v) is 2.58. The van der Waals surface area contributed by atoms with Crippen molar-refractivity contribution in [2.45, 2.75) is 6.42 Å². The number of nitrogens with zero attached hydrogens (tertiary/aromatic N) is 2. The average Bonchev–Trinajstić information content (AvgIpc) is 2.34. The van der Waals surface area contributed by atoms with E-state index in [1.807, 2.05) is 4.90 Å². The van der Waals surface area contributed by atoms with Crippen LogP contribution in [0.25, 0.3) is 0 Å². The Morgan fingerprint density at radius 3 is 3.10 bits per heavy atom. The molecule has 0 fully saturated rings. The molecule has 0 aliphatic carbocycles. The molecule has 0 radical (unpaired) electrons. The number of halogens is 1. The first kappa shape index (κ1) is 7.54. The predicted octanol–water partition coefficient (Wildman–Crippen LogP) is 0.486. The van der Waals surface area contributed by atoms with Crippen LogP contribution >= 0.6 is 11.6 Å². The van der Waals surface area contributed by atoms with Crippen molar-refractivity contribution in [2.24, 2.45) is 4.99 Å². The van der Waals surface area contributed by atoms with Gasteiger partial charge in [-0.15, -0.1) is 0 Å². The van der Waals surface area contributed by atoms with Crippen LogP contribution in [-0.4, -0.2) is 36.1 Å². The normalized spacial score (nSPS) is 16.3. The molecule has 4 heteroatoms. The van der Waals surface area contributed by atoms with Crippen LogP contribution in [0.2, 0.25) is 0 Å². The SMILES string of the molecule is O=C(Cl)CCN1C=NCC1. The number of aliphatic imine (C=N–C) groups is 1. The quantitative estimate of drug-likeness (QED) is 0.563. The number of carbonyl (C=O) groups excluding carboxylic acids is 1. The molecule has 0 bridgehead atoms. The Labute approximate surface area is 64.7 Å². The fourth-order valence-corrected chi connectivity index (χ4v) is 0.903. The molecule has 0 saturated carbocycles. The minimum Gasteiger partial charge on any atom is -0.361 e. The van der Waals surface area contributed by atoms with Crippen molar-refractivity contribution in [3.8, 4) is 0 Å². The maximum absolute atomic E-state index is 10.3. The van der Waals surface area contributed by atoms with Gasteiger partial charge in [-0.2, -0.15) is 0 Å². The summed E-state index contributed by atoms with van der Waals surface area (Å²) < 4.78 is 0. The van der Waals surface area contributed by atoms with E-state index in [1.165, 1.54) is 0 Å². The summed E-state index contributed by atoms with van der Waals surface area (Å²) >= 11 is 5.15. The largest absolute Gasteiger partial charge is 0.361 e. The summed E-state index contributed by atoms with van der Waals surface area (Å²) in [5.41, 5.74) is 0. The van der Waals surface area contributed by atoms with E-state index in [-0.39, 0.29) is 5.24 Å². The smallest absolute Gasteiger partial charge is 0.223 e. The summed E-state index contributed by atoms with van der Waals surface area (Å²) in [5.74, 6) is 0. The second kappa shape index (κ2) is 3.56. The minimum absolute atomic E-state index is 0.277. The van der Waals surface area contributed by atoms with Gasteiger partial charge in [0.2, 0.25) is 5.24 Å². The third-order valence-electron chi connectivity index (χ3n) is 1.36. The molecule has 0 aromatic heterocycles. The Balaban J connectivity index is 2.13. The van der Waals surface area contributed by atoms with Gasteiger partial charge in [0, 0.05) is 19.5 Å². The molecule has 56 valence electrons. The van der Waals surface area contributed by atoms with Gasteiger partial charge >= 0.3 is 0 Å². The van der Waals surface area contributed by atoms with Crippen LogP contribution in [0.4, 0.5) is 0 Å². The maximum atomic E-state index is 10.3. The van der Waals surface area contributed by atoms with E-state index < -0.39 is 0 Å². The van der Waals surface area contributed by atoms with Gasteiger partial charge in [-0.05, 0) is 11.6 Å². The molecular weight excluding hydrogens is 152 g/mol. The Morgan fingerprint density at radius 1 is 1.80 bits per heavy atom.